The Hall–Kier alpha value is -2.37. The fourth-order valence-electron chi connectivity index (χ4n) is 3.18. The second-order valence-electron chi connectivity index (χ2n) is 6.68. The molecule has 0 unspecified atom stereocenters. The minimum Gasteiger partial charge on any atom is -0.336 e. The Morgan fingerprint density at radius 1 is 1.22 bits per heavy atom. The average Bonchev–Trinajstić information content (AvgIpc) is 2.73. The van der Waals surface area contributed by atoms with Crippen LogP contribution in [0.1, 0.15) is 31.9 Å². The standard InChI is InChI=1S/C17H21N3O3/c1-11(20-15(22)17(2,3)18-16(20)23)14(21)19-9-8-12-6-4-5-7-13(12)10-19/h4-7,11H,8-10H2,1-3H3,(H,18,23)/t11-/m1/s1. The summed E-state index contributed by atoms with van der Waals surface area (Å²) in [6.45, 7) is 6.02. The molecule has 1 atom stereocenters. The first kappa shape index (κ1) is 15.5. The van der Waals surface area contributed by atoms with Crippen molar-refractivity contribution in [2.45, 2.75) is 45.3 Å². The van der Waals surface area contributed by atoms with Gasteiger partial charge in [-0.15, -0.1) is 0 Å². The van der Waals surface area contributed by atoms with Gasteiger partial charge in [-0.2, -0.15) is 0 Å². The highest BCUT2D eigenvalue weighted by atomic mass is 16.2. The van der Waals surface area contributed by atoms with Gasteiger partial charge < -0.3 is 10.2 Å². The van der Waals surface area contributed by atoms with Crippen molar-refractivity contribution in [1.82, 2.24) is 15.1 Å². The lowest BCUT2D eigenvalue weighted by molar-refractivity contribution is -0.143. The van der Waals surface area contributed by atoms with Crippen LogP contribution in [0, 0.1) is 0 Å². The fraction of sp³-hybridized carbons (Fsp3) is 0.471. The number of carbonyl (C=O) groups excluding carboxylic acids is 3. The Morgan fingerprint density at radius 2 is 1.87 bits per heavy atom. The summed E-state index contributed by atoms with van der Waals surface area (Å²) < 4.78 is 0. The first-order valence-electron chi connectivity index (χ1n) is 7.82. The van der Waals surface area contributed by atoms with Crippen LogP contribution in [0.3, 0.4) is 0 Å². The fourth-order valence-corrected chi connectivity index (χ4v) is 3.18. The van der Waals surface area contributed by atoms with Crippen LogP contribution < -0.4 is 5.32 Å². The molecule has 6 heteroatoms. The van der Waals surface area contributed by atoms with Gasteiger partial charge in [0.2, 0.25) is 5.91 Å². The van der Waals surface area contributed by atoms with E-state index in [1.54, 1.807) is 25.7 Å². The van der Waals surface area contributed by atoms with E-state index in [-0.39, 0.29) is 11.8 Å². The second-order valence-corrected chi connectivity index (χ2v) is 6.68. The molecule has 6 nitrogen and oxygen atoms in total. The predicted octanol–water partition coefficient (Wildman–Crippen LogP) is 1.29. The summed E-state index contributed by atoms with van der Waals surface area (Å²) in [5.41, 5.74) is 1.41. The minimum atomic E-state index is -0.958. The SMILES string of the molecule is C[C@H](C(=O)N1CCc2ccccc2C1)N1C(=O)NC(C)(C)C1=O. The van der Waals surface area contributed by atoms with E-state index < -0.39 is 17.6 Å². The maximum atomic E-state index is 12.7. The zero-order chi connectivity index (χ0) is 16.8. The number of nitrogens with zero attached hydrogens (tertiary/aromatic N) is 2. The van der Waals surface area contributed by atoms with Gasteiger partial charge in [0.15, 0.2) is 0 Å². The summed E-state index contributed by atoms with van der Waals surface area (Å²) >= 11 is 0. The molecule has 0 aromatic heterocycles. The number of carbonyl (C=O) groups is 3. The number of nitrogens with one attached hydrogen (secondary N) is 1. The Kier molecular flexibility index (Phi) is 3.62. The maximum absolute atomic E-state index is 12.7. The Balaban J connectivity index is 1.76. The third-order valence-corrected chi connectivity index (χ3v) is 4.58. The number of hydrogen-bond donors (Lipinski definition) is 1. The zero-order valence-electron chi connectivity index (χ0n) is 13.6. The van der Waals surface area contributed by atoms with Gasteiger partial charge in [0, 0.05) is 13.1 Å². The molecule has 1 aromatic carbocycles. The number of rotatable bonds is 2. The van der Waals surface area contributed by atoms with Crippen LogP contribution in [-0.2, 0) is 22.6 Å². The normalized spacial score (nSPS) is 21.0. The molecule has 0 spiro atoms. The van der Waals surface area contributed by atoms with E-state index in [0.29, 0.717) is 13.1 Å². The van der Waals surface area contributed by atoms with Crippen molar-refractivity contribution in [2.24, 2.45) is 0 Å². The smallest absolute Gasteiger partial charge is 0.325 e. The third-order valence-electron chi connectivity index (χ3n) is 4.58. The van der Waals surface area contributed by atoms with E-state index >= 15 is 0 Å². The lowest BCUT2D eigenvalue weighted by Crippen LogP contribution is -2.51. The van der Waals surface area contributed by atoms with Crippen LogP contribution in [-0.4, -0.2) is 45.8 Å². The first-order chi connectivity index (χ1) is 10.8. The number of imide groups is 1. The largest absolute Gasteiger partial charge is 0.336 e. The Labute approximate surface area is 135 Å². The molecule has 0 aliphatic carbocycles. The van der Waals surface area contributed by atoms with Crippen LogP contribution >= 0.6 is 0 Å². The first-order valence-corrected chi connectivity index (χ1v) is 7.82. The van der Waals surface area contributed by atoms with Crippen molar-refractivity contribution in [1.29, 1.82) is 0 Å². The summed E-state index contributed by atoms with van der Waals surface area (Å²) in [5, 5.41) is 2.61. The average molecular weight is 315 g/mol. The minimum absolute atomic E-state index is 0.194. The van der Waals surface area contributed by atoms with Crippen molar-refractivity contribution in [3.05, 3.63) is 35.4 Å². The lowest BCUT2D eigenvalue weighted by atomic mass is 9.99. The number of urea groups is 1. The summed E-state index contributed by atoms with van der Waals surface area (Å²) in [4.78, 5) is 39.9. The molecule has 122 valence electrons. The van der Waals surface area contributed by atoms with E-state index in [0.717, 1.165) is 16.9 Å². The molecular weight excluding hydrogens is 294 g/mol. The molecule has 2 heterocycles. The van der Waals surface area contributed by atoms with E-state index in [1.807, 2.05) is 18.2 Å². The van der Waals surface area contributed by atoms with Crippen molar-refractivity contribution in [2.75, 3.05) is 6.54 Å². The molecule has 3 rings (SSSR count). The molecule has 0 bridgehead atoms. The summed E-state index contributed by atoms with van der Waals surface area (Å²) in [7, 11) is 0. The number of fused-ring (bicyclic) bond motifs is 1. The van der Waals surface area contributed by atoms with E-state index in [9.17, 15) is 14.4 Å². The highest BCUT2D eigenvalue weighted by Gasteiger charge is 2.48. The Bertz CT molecular complexity index is 683. The van der Waals surface area contributed by atoms with Gasteiger partial charge in [-0.3, -0.25) is 9.59 Å². The molecule has 0 radical (unpaired) electrons. The van der Waals surface area contributed by atoms with Crippen molar-refractivity contribution >= 4 is 17.8 Å². The third kappa shape index (κ3) is 2.58. The predicted molar refractivity (Wildman–Crippen MR) is 84.5 cm³/mol. The molecule has 2 aliphatic rings. The zero-order valence-corrected chi connectivity index (χ0v) is 13.6. The molecule has 1 fully saturated rings. The van der Waals surface area contributed by atoms with Gasteiger partial charge in [-0.05, 0) is 38.3 Å². The van der Waals surface area contributed by atoms with Crippen LogP contribution in [0.25, 0.3) is 0 Å². The van der Waals surface area contributed by atoms with Gasteiger partial charge in [0.1, 0.15) is 11.6 Å². The molecule has 1 aromatic rings. The van der Waals surface area contributed by atoms with Gasteiger partial charge in [-0.1, -0.05) is 24.3 Å². The number of hydrogen-bond acceptors (Lipinski definition) is 3. The van der Waals surface area contributed by atoms with E-state index in [2.05, 4.69) is 11.4 Å². The van der Waals surface area contributed by atoms with Crippen LogP contribution in [0.2, 0.25) is 0 Å². The summed E-state index contributed by atoms with van der Waals surface area (Å²) in [6.07, 6.45) is 0.792. The lowest BCUT2D eigenvalue weighted by Gasteiger charge is -2.33. The highest BCUT2D eigenvalue weighted by molar-refractivity contribution is 6.09. The van der Waals surface area contributed by atoms with Crippen molar-refractivity contribution in [3.63, 3.8) is 0 Å². The van der Waals surface area contributed by atoms with Crippen LogP contribution in [0.15, 0.2) is 24.3 Å². The van der Waals surface area contributed by atoms with Crippen molar-refractivity contribution < 1.29 is 14.4 Å². The molecule has 1 N–H and O–H groups in total. The van der Waals surface area contributed by atoms with E-state index in [1.165, 1.54) is 5.56 Å². The molecule has 23 heavy (non-hydrogen) atoms. The number of benzene rings is 1. The quantitative estimate of drug-likeness (QED) is 0.836. The van der Waals surface area contributed by atoms with Gasteiger partial charge in [0.25, 0.3) is 5.91 Å². The summed E-state index contributed by atoms with van der Waals surface area (Å²) in [5.74, 6) is -0.554. The second kappa shape index (κ2) is 5.37. The molecule has 0 saturated carbocycles. The number of amides is 4. The molecular formula is C17H21N3O3. The Morgan fingerprint density at radius 3 is 2.48 bits per heavy atom. The van der Waals surface area contributed by atoms with E-state index in [4.69, 9.17) is 0 Å². The van der Waals surface area contributed by atoms with Gasteiger partial charge >= 0.3 is 6.03 Å². The topological polar surface area (TPSA) is 69.7 Å². The highest BCUT2D eigenvalue weighted by Crippen LogP contribution is 2.23. The maximum Gasteiger partial charge on any atom is 0.325 e. The summed E-state index contributed by atoms with van der Waals surface area (Å²) in [6, 6.07) is 6.73. The van der Waals surface area contributed by atoms with Gasteiger partial charge in [-0.25, -0.2) is 9.69 Å². The monoisotopic (exact) mass is 315 g/mol. The molecule has 1 saturated heterocycles. The molecule has 4 amide bonds. The molecule has 2 aliphatic heterocycles. The van der Waals surface area contributed by atoms with Crippen LogP contribution in [0.4, 0.5) is 4.79 Å². The van der Waals surface area contributed by atoms with Crippen molar-refractivity contribution in [3.8, 4) is 0 Å². The van der Waals surface area contributed by atoms with Gasteiger partial charge in [0.05, 0.1) is 0 Å². The van der Waals surface area contributed by atoms with Crippen LogP contribution in [0.5, 0.6) is 0 Å².